The number of carboxylic acid groups (broad SMARTS) is 2. The smallest absolute Gasteiger partial charge is 0.303 e. The van der Waals surface area contributed by atoms with Gasteiger partial charge in [0.25, 0.3) is 0 Å². The van der Waals surface area contributed by atoms with Gasteiger partial charge in [0.2, 0.25) is 23.6 Å². The average Bonchev–Trinajstić information content (AvgIpc) is 3.36. The Morgan fingerprint density at radius 1 is 0.365 bits per heavy atom. The quantitative estimate of drug-likeness (QED) is 0.0321. The van der Waals surface area contributed by atoms with Crippen LogP contribution in [0.15, 0.2) is 30.7 Å². The maximum Gasteiger partial charge on any atom is 0.303 e. The molecule has 0 aliphatic heterocycles. The molecule has 0 aromatic heterocycles. The summed E-state index contributed by atoms with van der Waals surface area (Å²) >= 11 is 0. The summed E-state index contributed by atoms with van der Waals surface area (Å²) in [4.78, 5) is 70.5. The molecular formula is C44H80N12O18. The van der Waals surface area contributed by atoms with E-state index in [1.807, 2.05) is 12.1 Å². The minimum absolute atomic E-state index is 0.0389. The molecule has 0 aliphatic rings. The number of carbonyl (C=O) groups is 6. The number of aliphatic hydroxyl groups excluding tert-OH is 10. The molecular weight excluding hydrogens is 985 g/mol. The lowest BCUT2D eigenvalue weighted by atomic mass is 9.97. The Hall–Kier alpha value is -5.80. The number of carboxylic acids is 2. The normalized spacial score (nSPS) is 14.5. The molecule has 0 aromatic carbocycles. The van der Waals surface area contributed by atoms with Crippen LogP contribution < -0.4 is 21.3 Å². The first-order valence-corrected chi connectivity index (χ1v) is 22.7. The number of carbonyl (C=O) groups excluding carboxylic acids is 4. The molecule has 0 aliphatic carbocycles. The number of amides is 4. The van der Waals surface area contributed by atoms with E-state index in [1.165, 1.54) is 83.1 Å². The van der Waals surface area contributed by atoms with E-state index in [-0.39, 0.29) is 25.7 Å². The molecule has 0 spiro atoms. The molecule has 0 heterocycles. The third-order valence-electron chi connectivity index (χ3n) is 10.7. The number of hydrogen-bond donors (Lipinski definition) is 16. The van der Waals surface area contributed by atoms with Gasteiger partial charge in [0.1, 0.15) is 11.1 Å². The molecule has 0 rings (SSSR count). The maximum absolute atomic E-state index is 12.4. The summed E-state index contributed by atoms with van der Waals surface area (Å²) < 4.78 is 0. The number of aliphatic hydroxyl groups is 10. The van der Waals surface area contributed by atoms with Gasteiger partial charge in [-0.15, -0.1) is 0 Å². The van der Waals surface area contributed by atoms with E-state index in [0.717, 1.165) is 0 Å². The summed E-state index contributed by atoms with van der Waals surface area (Å²) in [7, 11) is 0. The van der Waals surface area contributed by atoms with Crippen molar-refractivity contribution >= 4 is 35.6 Å². The molecule has 0 saturated carbocycles. The zero-order valence-corrected chi connectivity index (χ0v) is 44.3. The highest BCUT2D eigenvalue weighted by molar-refractivity contribution is 5.88. The van der Waals surface area contributed by atoms with Crippen molar-refractivity contribution in [2.75, 3.05) is 66.1 Å². The van der Waals surface area contributed by atoms with Gasteiger partial charge in [0, 0.05) is 12.8 Å². The number of aliphatic carboxylic acids is 2. The van der Waals surface area contributed by atoms with Gasteiger partial charge < -0.3 is 82.5 Å². The van der Waals surface area contributed by atoms with Crippen LogP contribution >= 0.6 is 0 Å². The number of nitrogens with zero attached hydrogens (tertiary/aromatic N) is 8. The second-order valence-corrected chi connectivity index (χ2v) is 20.5. The molecule has 0 radical (unpaired) electrons. The highest BCUT2D eigenvalue weighted by Crippen LogP contribution is 2.24. The van der Waals surface area contributed by atoms with Crippen LogP contribution in [0.2, 0.25) is 0 Å². The minimum atomic E-state index is -1.64. The zero-order valence-electron chi connectivity index (χ0n) is 44.3. The summed E-state index contributed by atoms with van der Waals surface area (Å²) in [5, 5.41) is 161. The third kappa shape index (κ3) is 24.5. The van der Waals surface area contributed by atoms with E-state index in [2.05, 4.69) is 52.0 Å². The fraction of sp³-hybridized carbons (Fsp3) is 0.818. The van der Waals surface area contributed by atoms with E-state index in [1.54, 1.807) is 0 Å². The van der Waals surface area contributed by atoms with E-state index in [0.29, 0.717) is 0 Å². The van der Waals surface area contributed by atoms with Crippen molar-refractivity contribution in [2.45, 2.75) is 164 Å². The van der Waals surface area contributed by atoms with Gasteiger partial charge in [-0.05, 0) is 95.9 Å². The number of nitriles is 2. The topological polar surface area (TPSA) is 515 Å². The van der Waals surface area contributed by atoms with Gasteiger partial charge in [-0.1, -0.05) is 0 Å². The molecule has 2 atom stereocenters. The molecule has 0 aromatic rings. The first-order chi connectivity index (χ1) is 33.7. The second-order valence-electron chi connectivity index (χ2n) is 20.5. The van der Waals surface area contributed by atoms with Crippen molar-refractivity contribution in [3.05, 3.63) is 0 Å². The maximum atomic E-state index is 12.4. The molecule has 16 N–H and O–H groups in total. The predicted octanol–water partition coefficient (Wildman–Crippen LogP) is -2.89. The van der Waals surface area contributed by atoms with Crippen molar-refractivity contribution in [1.82, 2.24) is 21.3 Å². The van der Waals surface area contributed by atoms with Gasteiger partial charge in [0.15, 0.2) is 33.2 Å². The zero-order chi connectivity index (χ0) is 58.8. The Morgan fingerprint density at radius 2 is 0.568 bits per heavy atom. The highest BCUT2D eigenvalue weighted by atomic mass is 16.4. The highest BCUT2D eigenvalue weighted by Gasteiger charge is 2.41. The Kier molecular flexibility index (Phi) is 29.9. The SMILES string of the molecule is CC(C#N)(CCC(=O)O)N=NC(C)(C#N)CCC(=O)O.CC(C)(N=NC(C)(C)C(=O)NC(CO)(CO)CO)C(=O)NC(CO)(CO)CO.CC(CO)(CO)NC(=O)C(C)(C)N=NC(C)(C)C(=O)NC(C)(CO)CO. The van der Waals surface area contributed by atoms with Gasteiger partial charge in [0.05, 0.1) is 89.3 Å². The van der Waals surface area contributed by atoms with E-state index < -0.39 is 157 Å². The fourth-order valence-electron chi connectivity index (χ4n) is 4.30. The fourth-order valence-corrected chi connectivity index (χ4v) is 4.30. The third-order valence-corrected chi connectivity index (χ3v) is 10.7. The van der Waals surface area contributed by atoms with Crippen LogP contribution in [0.1, 0.15) is 109 Å². The lowest BCUT2D eigenvalue weighted by Gasteiger charge is -2.33. The summed E-state index contributed by atoms with van der Waals surface area (Å²) in [6.45, 7) is 11.0. The number of rotatable bonds is 30. The monoisotopic (exact) mass is 1060 g/mol. The van der Waals surface area contributed by atoms with Crippen molar-refractivity contribution in [3.8, 4) is 12.1 Å². The number of nitrogens with one attached hydrogen (secondary N) is 4. The Bertz CT molecular complexity index is 1870. The predicted molar refractivity (Wildman–Crippen MR) is 258 cm³/mol. The van der Waals surface area contributed by atoms with Gasteiger partial charge >= 0.3 is 11.9 Å². The molecule has 0 bridgehead atoms. The summed E-state index contributed by atoms with van der Waals surface area (Å²) in [6.07, 6.45) is -0.575. The van der Waals surface area contributed by atoms with Crippen LogP contribution in [0.5, 0.6) is 0 Å². The van der Waals surface area contributed by atoms with Crippen LogP contribution in [0.3, 0.4) is 0 Å². The van der Waals surface area contributed by atoms with Gasteiger partial charge in [-0.3, -0.25) is 28.8 Å². The van der Waals surface area contributed by atoms with E-state index >= 15 is 0 Å². The lowest BCUT2D eigenvalue weighted by Crippen LogP contribution is -2.61. The summed E-state index contributed by atoms with van der Waals surface area (Å²) in [5.41, 5.74) is -14.2. The van der Waals surface area contributed by atoms with Crippen molar-refractivity contribution in [3.63, 3.8) is 0 Å². The van der Waals surface area contributed by atoms with Gasteiger partial charge in [-0.2, -0.15) is 41.2 Å². The Morgan fingerprint density at radius 3 is 0.730 bits per heavy atom. The summed E-state index contributed by atoms with van der Waals surface area (Å²) in [6, 6.07) is 3.69. The van der Waals surface area contributed by atoms with Gasteiger partial charge in [-0.25, -0.2) is 0 Å². The minimum Gasteiger partial charge on any atom is -0.481 e. The molecule has 30 nitrogen and oxygen atoms in total. The molecule has 30 heteroatoms. The standard InChI is InChI=1S/C16H32N4O8.C16H32N4O6.C12H16N4O4/c1-13(2,11(27)17-15(5-21,6-22)7-23)19-20-14(3,4)12(28)18-16(8-24,9-25)10-26;1-13(2,11(25)17-15(5,7-21)8-22)19-20-14(3,4)12(26)18-16(6,9-23)10-24;1-11(7-13,5-3-9(17)18)15-16-12(2,8-14)6-4-10(19)20/h21-26H,5-10H2,1-4H3,(H,17,27)(H,18,28);21-24H,7-10H2,1-6H3,(H,17,25)(H,18,26);3-6H2,1-2H3,(H,17,18)(H,19,20). The molecule has 0 fully saturated rings. The van der Waals surface area contributed by atoms with Crippen molar-refractivity contribution < 1.29 is 90.0 Å². The number of hydrogen-bond acceptors (Lipinski definition) is 24. The van der Waals surface area contributed by atoms with Crippen LogP contribution in [-0.2, 0) is 28.8 Å². The van der Waals surface area contributed by atoms with E-state index in [9.17, 15) is 79.8 Å². The molecule has 4 amide bonds. The summed E-state index contributed by atoms with van der Waals surface area (Å²) in [5.74, 6) is -4.82. The number of azo groups is 3. The average molecular weight is 1070 g/mol. The molecule has 2 unspecified atom stereocenters. The first kappa shape index (κ1) is 72.4. The van der Waals surface area contributed by atoms with Crippen molar-refractivity contribution in [2.24, 2.45) is 30.7 Å². The molecule has 0 saturated heterocycles. The van der Waals surface area contributed by atoms with E-state index in [4.69, 9.17) is 20.7 Å². The largest absolute Gasteiger partial charge is 0.481 e. The second kappa shape index (κ2) is 30.5. The van der Waals surface area contributed by atoms with Crippen LogP contribution in [0, 0.1) is 22.7 Å². The van der Waals surface area contributed by atoms with Crippen LogP contribution in [-0.4, -0.2) is 218 Å². The Labute approximate surface area is 429 Å². The van der Waals surface area contributed by atoms with Crippen LogP contribution in [0.4, 0.5) is 0 Å². The Balaban J connectivity index is -0.00000104. The first-order valence-electron chi connectivity index (χ1n) is 22.7. The van der Waals surface area contributed by atoms with Crippen LogP contribution in [0.25, 0.3) is 0 Å². The molecule has 424 valence electrons. The molecule has 74 heavy (non-hydrogen) atoms. The van der Waals surface area contributed by atoms with Crippen molar-refractivity contribution in [1.29, 1.82) is 10.5 Å². The lowest BCUT2D eigenvalue weighted by molar-refractivity contribution is -0.138.